The predicted octanol–water partition coefficient (Wildman–Crippen LogP) is 3.47. The first-order chi connectivity index (χ1) is 10.0. The number of carbonyl (C=O) groups is 1. The van der Waals surface area contributed by atoms with Gasteiger partial charge in [0.2, 0.25) is 0 Å². The lowest BCUT2D eigenvalue weighted by Gasteiger charge is -2.06. The molecule has 2 aromatic carbocycles. The van der Waals surface area contributed by atoms with Crippen LogP contribution in [0.4, 0.5) is 13.2 Å². The van der Waals surface area contributed by atoms with Gasteiger partial charge in [-0.05, 0) is 29.8 Å². The summed E-state index contributed by atoms with van der Waals surface area (Å²) in [6.45, 7) is -0.0799. The third kappa shape index (κ3) is 3.53. The van der Waals surface area contributed by atoms with Crippen LogP contribution in [-0.2, 0) is 11.3 Å². The van der Waals surface area contributed by atoms with Gasteiger partial charge in [0.05, 0.1) is 12.7 Å². The highest BCUT2D eigenvalue weighted by atomic mass is 19.2. The Morgan fingerprint density at radius 2 is 1.62 bits per heavy atom. The van der Waals surface area contributed by atoms with Gasteiger partial charge in [0.15, 0.2) is 17.5 Å². The van der Waals surface area contributed by atoms with E-state index in [1.165, 1.54) is 7.11 Å². The van der Waals surface area contributed by atoms with E-state index in [9.17, 15) is 18.0 Å². The van der Waals surface area contributed by atoms with Gasteiger partial charge < -0.3 is 9.47 Å². The maximum Gasteiger partial charge on any atom is 0.338 e. The number of hydrogen-bond acceptors (Lipinski definition) is 3. The molecule has 21 heavy (non-hydrogen) atoms. The highest BCUT2D eigenvalue weighted by Crippen LogP contribution is 2.16. The second kappa shape index (κ2) is 6.30. The molecule has 6 heteroatoms. The molecule has 0 aromatic heterocycles. The number of esters is 1. The highest BCUT2D eigenvalue weighted by molar-refractivity contribution is 5.89. The van der Waals surface area contributed by atoms with Crippen LogP contribution in [0.1, 0.15) is 15.9 Å². The summed E-state index contributed by atoms with van der Waals surface area (Å²) in [5.41, 5.74) is 0.284. The molecule has 0 spiro atoms. The minimum atomic E-state index is -1.62. The molecule has 0 unspecified atom stereocenters. The van der Waals surface area contributed by atoms with Crippen LogP contribution in [0.3, 0.4) is 0 Å². The molecule has 2 aromatic rings. The van der Waals surface area contributed by atoms with Gasteiger partial charge in [0.1, 0.15) is 12.4 Å². The van der Waals surface area contributed by atoms with Crippen LogP contribution in [0.2, 0.25) is 0 Å². The van der Waals surface area contributed by atoms with Crippen LogP contribution in [-0.4, -0.2) is 13.1 Å². The molecule has 0 saturated carbocycles. The third-order valence-electron chi connectivity index (χ3n) is 2.75. The van der Waals surface area contributed by atoms with Gasteiger partial charge in [-0.15, -0.1) is 0 Å². The fraction of sp³-hybridized carbons (Fsp3) is 0.133. The van der Waals surface area contributed by atoms with E-state index in [2.05, 4.69) is 0 Å². The average molecular weight is 296 g/mol. The van der Waals surface area contributed by atoms with Gasteiger partial charge in [-0.25, -0.2) is 18.0 Å². The average Bonchev–Trinajstić information content (AvgIpc) is 2.50. The fourth-order valence-corrected chi connectivity index (χ4v) is 1.63. The topological polar surface area (TPSA) is 35.5 Å². The van der Waals surface area contributed by atoms with E-state index in [0.29, 0.717) is 23.4 Å². The molecular weight excluding hydrogens is 285 g/mol. The number of rotatable bonds is 4. The molecule has 0 aliphatic heterocycles. The standard InChI is InChI=1S/C15H11F3O3/c1-20-11-4-2-9(3-5-11)8-21-15(19)10-6-12(16)14(18)13(17)7-10/h2-7H,8H2,1H3. The second-order valence-corrected chi connectivity index (χ2v) is 4.18. The van der Waals surface area contributed by atoms with Gasteiger partial charge in [-0.2, -0.15) is 0 Å². The largest absolute Gasteiger partial charge is 0.497 e. The summed E-state index contributed by atoms with van der Waals surface area (Å²) < 4.78 is 48.7. The van der Waals surface area contributed by atoms with Gasteiger partial charge >= 0.3 is 5.97 Å². The van der Waals surface area contributed by atoms with Crippen LogP contribution in [0.5, 0.6) is 5.75 Å². The Bertz CT molecular complexity index is 631. The molecule has 0 N–H and O–H groups in total. The first-order valence-corrected chi connectivity index (χ1v) is 5.96. The molecule has 0 aliphatic rings. The quantitative estimate of drug-likeness (QED) is 0.640. The van der Waals surface area contributed by atoms with Crippen molar-refractivity contribution in [2.45, 2.75) is 6.61 Å². The van der Waals surface area contributed by atoms with Crippen LogP contribution in [0, 0.1) is 17.5 Å². The lowest BCUT2D eigenvalue weighted by molar-refractivity contribution is 0.0471. The third-order valence-corrected chi connectivity index (χ3v) is 2.75. The summed E-state index contributed by atoms with van der Waals surface area (Å²) in [6, 6.07) is 7.90. The molecule has 0 radical (unpaired) electrons. The lowest BCUT2D eigenvalue weighted by atomic mass is 10.2. The molecule has 0 saturated heterocycles. The minimum Gasteiger partial charge on any atom is -0.497 e. The fourth-order valence-electron chi connectivity index (χ4n) is 1.63. The van der Waals surface area contributed by atoms with Gasteiger partial charge in [-0.1, -0.05) is 12.1 Å². The Balaban J connectivity index is 2.04. The van der Waals surface area contributed by atoms with Crippen molar-refractivity contribution in [1.82, 2.24) is 0 Å². The molecule has 2 rings (SSSR count). The highest BCUT2D eigenvalue weighted by Gasteiger charge is 2.16. The van der Waals surface area contributed by atoms with E-state index in [0.717, 1.165) is 0 Å². The summed E-state index contributed by atoms with van der Waals surface area (Å²) in [5, 5.41) is 0. The number of carbonyl (C=O) groups excluding carboxylic acids is 1. The SMILES string of the molecule is COc1ccc(COC(=O)c2cc(F)c(F)c(F)c2)cc1. The summed E-state index contributed by atoms with van der Waals surface area (Å²) in [7, 11) is 1.52. The number of hydrogen-bond donors (Lipinski definition) is 0. The second-order valence-electron chi connectivity index (χ2n) is 4.18. The van der Waals surface area contributed by atoms with Crippen molar-refractivity contribution in [1.29, 1.82) is 0 Å². The van der Waals surface area contributed by atoms with Crippen LogP contribution < -0.4 is 4.74 Å². The summed E-state index contributed by atoms with van der Waals surface area (Å²) in [5.74, 6) is -4.80. The maximum absolute atomic E-state index is 13.0. The number of halogens is 3. The van der Waals surface area contributed by atoms with Crippen molar-refractivity contribution in [2.75, 3.05) is 7.11 Å². The zero-order valence-corrected chi connectivity index (χ0v) is 11.0. The first kappa shape index (κ1) is 14.9. The molecule has 0 aliphatic carbocycles. The molecule has 0 bridgehead atoms. The molecule has 0 heterocycles. The smallest absolute Gasteiger partial charge is 0.338 e. The molecule has 0 atom stereocenters. The van der Waals surface area contributed by atoms with E-state index in [-0.39, 0.29) is 12.2 Å². The first-order valence-electron chi connectivity index (χ1n) is 5.96. The molecule has 0 amide bonds. The Morgan fingerprint density at radius 1 is 1.05 bits per heavy atom. The Morgan fingerprint density at radius 3 is 2.14 bits per heavy atom. The van der Waals surface area contributed by atoms with E-state index in [1.807, 2.05) is 0 Å². The predicted molar refractivity (Wildman–Crippen MR) is 68.4 cm³/mol. The van der Waals surface area contributed by atoms with Crippen molar-refractivity contribution in [2.24, 2.45) is 0 Å². The maximum atomic E-state index is 13.0. The molecular formula is C15H11F3O3. The van der Waals surface area contributed by atoms with E-state index in [4.69, 9.17) is 9.47 Å². The molecule has 3 nitrogen and oxygen atoms in total. The normalized spacial score (nSPS) is 10.3. The van der Waals surface area contributed by atoms with Gasteiger partial charge in [-0.3, -0.25) is 0 Å². The summed E-state index contributed by atoms with van der Waals surface area (Å²) in [4.78, 5) is 11.7. The monoisotopic (exact) mass is 296 g/mol. The number of benzene rings is 2. The Hall–Kier alpha value is -2.50. The van der Waals surface area contributed by atoms with Gasteiger partial charge in [0, 0.05) is 0 Å². The van der Waals surface area contributed by atoms with Gasteiger partial charge in [0.25, 0.3) is 0 Å². The lowest BCUT2D eigenvalue weighted by Crippen LogP contribution is -2.07. The van der Waals surface area contributed by atoms with Crippen LogP contribution in [0.25, 0.3) is 0 Å². The Labute approximate surface area is 118 Å². The van der Waals surface area contributed by atoms with Crippen molar-refractivity contribution < 1.29 is 27.4 Å². The van der Waals surface area contributed by atoms with E-state index < -0.39 is 23.4 Å². The minimum absolute atomic E-state index is 0.0799. The van der Waals surface area contributed by atoms with Crippen molar-refractivity contribution in [3.05, 3.63) is 65.0 Å². The van der Waals surface area contributed by atoms with Crippen LogP contribution >= 0.6 is 0 Å². The zero-order chi connectivity index (χ0) is 15.4. The van der Waals surface area contributed by atoms with Crippen molar-refractivity contribution >= 4 is 5.97 Å². The Kier molecular flexibility index (Phi) is 4.47. The number of methoxy groups -OCH3 is 1. The van der Waals surface area contributed by atoms with E-state index in [1.54, 1.807) is 24.3 Å². The van der Waals surface area contributed by atoms with E-state index >= 15 is 0 Å². The molecule has 0 fully saturated rings. The summed E-state index contributed by atoms with van der Waals surface area (Å²) in [6.07, 6.45) is 0. The van der Waals surface area contributed by atoms with Crippen LogP contribution in [0.15, 0.2) is 36.4 Å². The number of ether oxygens (including phenoxy) is 2. The zero-order valence-electron chi connectivity index (χ0n) is 11.0. The van der Waals surface area contributed by atoms with Crippen molar-refractivity contribution in [3.8, 4) is 5.75 Å². The summed E-state index contributed by atoms with van der Waals surface area (Å²) >= 11 is 0. The molecule has 110 valence electrons. The van der Waals surface area contributed by atoms with Crippen molar-refractivity contribution in [3.63, 3.8) is 0 Å².